The summed E-state index contributed by atoms with van der Waals surface area (Å²) in [6.45, 7) is 5.40. The normalized spacial score (nSPS) is 13.8. The Morgan fingerprint density at radius 3 is 2.17 bits per heavy atom. The fraction of sp³-hybridized carbons (Fsp3) is 0.500. The van der Waals surface area contributed by atoms with Gasteiger partial charge in [0.2, 0.25) is 0 Å². The van der Waals surface area contributed by atoms with E-state index in [4.69, 9.17) is 11.6 Å². The van der Waals surface area contributed by atoms with Gasteiger partial charge in [-0.2, -0.15) is 0 Å². The maximum absolute atomic E-state index is 5.47. The first-order valence-corrected chi connectivity index (χ1v) is 2.86. The van der Waals surface area contributed by atoms with Crippen LogP contribution in [0.3, 0.4) is 0 Å². The minimum absolute atomic E-state index is 0.0463. The first-order chi connectivity index (χ1) is 2.64. The highest BCUT2D eigenvalue weighted by atomic mass is 79.9. The highest BCUT2D eigenvalue weighted by molar-refractivity contribution is 9.11. The number of hydrogen-bond donors (Lipinski definition) is 0. The molecule has 36 valence electrons. The van der Waals surface area contributed by atoms with Crippen LogP contribution in [0.25, 0.3) is 0 Å². The molecule has 1 atom stereocenters. The van der Waals surface area contributed by atoms with Crippen LogP contribution in [0, 0.1) is 0 Å². The molecule has 0 aliphatic carbocycles. The van der Waals surface area contributed by atoms with E-state index in [9.17, 15) is 0 Å². The van der Waals surface area contributed by atoms with Gasteiger partial charge in [0.05, 0.1) is 5.38 Å². The summed E-state index contributed by atoms with van der Waals surface area (Å²) in [5.74, 6) is 0. The van der Waals surface area contributed by atoms with Crippen molar-refractivity contribution in [2.75, 3.05) is 0 Å². The lowest BCUT2D eigenvalue weighted by molar-refractivity contribution is 1.22. The van der Waals surface area contributed by atoms with Crippen LogP contribution < -0.4 is 0 Å². The molecule has 1 unspecified atom stereocenters. The van der Waals surface area contributed by atoms with Gasteiger partial charge in [-0.3, -0.25) is 0 Å². The maximum atomic E-state index is 5.47. The van der Waals surface area contributed by atoms with Crippen LogP contribution in [0.2, 0.25) is 0 Å². The highest BCUT2D eigenvalue weighted by Gasteiger charge is 1.92. The van der Waals surface area contributed by atoms with Crippen LogP contribution in [0.5, 0.6) is 0 Å². The molecule has 0 radical (unpaired) electrons. The Morgan fingerprint density at radius 2 is 2.17 bits per heavy atom. The first kappa shape index (κ1) is 6.51. The van der Waals surface area contributed by atoms with E-state index in [1.807, 2.05) is 6.92 Å². The minimum Gasteiger partial charge on any atom is -0.118 e. The maximum Gasteiger partial charge on any atom is 0.0616 e. The summed E-state index contributed by atoms with van der Waals surface area (Å²) >= 11 is 8.58. The Labute approximate surface area is 51.3 Å². The molecular formula is C4H6BrCl. The minimum atomic E-state index is 0.0463. The predicted octanol–water partition coefficient (Wildman–Crippen LogP) is 2.52. The molecule has 0 aliphatic heterocycles. The van der Waals surface area contributed by atoms with Crippen molar-refractivity contribution in [1.29, 1.82) is 0 Å². The molecule has 6 heavy (non-hydrogen) atoms. The van der Waals surface area contributed by atoms with Crippen molar-refractivity contribution >= 4 is 27.5 Å². The fourth-order valence-corrected chi connectivity index (χ4v) is 0. The second-order valence-corrected chi connectivity index (χ2v) is 2.74. The van der Waals surface area contributed by atoms with Crippen molar-refractivity contribution in [3.8, 4) is 0 Å². The smallest absolute Gasteiger partial charge is 0.0616 e. The average Bonchev–Trinajstić information content (AvgIpc) is 1.36. The van der Waals surface area contributed by atoms with Crippen molar-refractivity contribution < 1.29 is 0 Å². The Balaban J connectivity index is 3.26. The Hall–Kier alpha value is 0.510. The molecule has 0 aromatic carbocycles. The Morgan fingerprint density at radius 1 is 2.00 bits per heavy atom. The summed E-state index contributed by atoms with van der Waals surface area (Å²) in [5.41, 5.74) is 0. The average molecular weight is 169 g/mol. The molecule has 0 nitrogen and oxygen atoms in total. The number of allylic oxidation sites excluding steroid dienone is 1. The van der Waals surface area contributed by atoms with Crippen LogP contribution >= 0.6 is 27.5 Å². The van der Waals surface area contributed by atoms with Gasteiger partial charge in [0, 0.05) is 4.48 Å². The molecule has 0 fully saturated rings. The van der Waals surface area contributed by atoms with Gasteiger partial charge in [0.1, 0.15) is 0 Å². The zero-order valence-electron chi connectivity index (χ0n) is 3.54. The van der Waals surface area contributed by atoms with Gasteiger partial charge in [-0.15, -0.1) is 11.6 Å². The summed E-state index contributed by atoms with van der Waals surface area (Å²) in [6, 6.07) is 0. The predicted molar refractivity (Wildman–Crippen MR) is 33.4 cm³/mol. The number of alkyl halides is 1. The number of rotatable bonds is 1. The summed E-state index contributed by atoms with van der Waals surface area (Å²) in [5, 5.41) is 0.0463. The topological polar surface area (TPSA) is 0 Å². The standard InChI is InChI=1S/C4H6BrCl/c1-3(5)4(2)6/h4H,1H2,2H3. The van der Waals surface area contributed by atoms with Crippen LogP contribution in [0.4, 0.5) is 0 Å². The van der Waals surface area contributed by atoms with Gasteiger partial charge in [0.15, 0.2) is 0 Å². The third-order valence-corrected chi connectivity index (χ3v) is 1.65. The fourth-order valence-electron chi connectivity index (χ4n) is 0. The molecule has 0 heterocycles. The molecule has 2 heteroatoms. The SMILES string of the molecule is C=C(Br)C(C)Cl. The van der Waals surface area contributed by atoms with Crippen molar-refractivity contribution in [3.05, 3.63) is 11.1 Å². The zero-order chi connectivity index (χ0) is 5.15. The molecule has 0 saturated heterocycles. The van der Waals surface area contributed by atoms with Crippen LogP contribution in [0.1, 0.15) is 6.92 Å². The van der Waals surface area contributed by atoms with Gasteiger partial charge in [-0.25, -0.2) is 0 Å². The Bertz CT molecular complexity index is 58.6. The van der Waals surface area contributed by atoms with E-state index < -0.39 is 0 Å². The molecule has 0 bridgehead atoms. The first-order valence-electron chi connectivity index (χ1n) is 1.63. The highest BCUT2D eigenvalue weighted by Crippen LogP contribution is 2.11. The number of halogens is 2. The Kier molecular flexibility index (Phi) is 2.87. The summed E-state index contributed by atoms with van der Waals surface area (Å²) in [7, 11) is 0. The number of hydrogen-bond acceptors (Lipinski definition) is 0. The van der Waals surface area contributed by atoms with E-state index in [1.165, 1.54) is 0 Å². The molecule has 0 aromatic heterocycles. The summed E-state index contributed by atoms with van der Waals surface area (Å²) in [4.78, 5) is 0. The third kappa shape index (κ3) is 2.73. The lowest BCUT2D eigenvalue weighted by atomic mass is 10.5. The van der Waals surface area contributed by atoms with E-state index in [0.29, 0.717) is 0 Å². The molecule has 0 spiro atoms. The van der Waals surface area contributed by atoms with E-state index in [0.717, 1.165) is 4.48 Å². The molecule has 0 amide bonds. The van der Waals surface area contributed by atoms with Gasteiger partial charge in [0.25, 0.3) is 0 Å². The van der Waals surface area contributed by atoms with Crippen LogP contribution in [-0.2, 0) is 0 Å². The van der Waals surface area contributed by atoms with E-state index in [2.05, 4.69) is 22.5 Å². The van der Waals surface area contributed by atoms with Crippen molar-refractivity contribution in [2.45, 2.75) is 12.3 Å². The van der Waals surface area contributed by atoms with E-state index in [-0.39, 0.29) is 5.38 Å². The van der Waals surface area contributed by atoms with Crippen molar-refractivity contribution in [2.24, 2.45) is 0 Å². The van der Waals surface area contributed by atoms with Crippen LogP contribution in [0.15, 0.2) is 11.1 Å². The third-order valence-electron chi connectivity index (χ3n) is 0.432. The second kappa shape index (κ2) is 2.64. The van der Waals surface area contributed by atoms with Gasteiger partial charge < -0.3 is 0 Å². The van der Waals surface area contributed by atoms with Crippen molar-refractivity contribution in [3.63, 3.8) is 0 Å². The van der Waals surface area contributed by atoms with Gasteiger partial charge >= 0.3 is 0 Å². The summed E-state index contributed by atoms with van der Waals surface area (Å²) < 4.78 is 0.837. The zero-order valence-corrected chi connectivity index (χ0v) is 5.88. The quantitative estimate of drug-likeness (QED) is 0.529. The lowest BCUT2D eigenvalue weighted by Gasteiger charge is -1.92. The van der Waals surface area contributed by atoms with Gasteiger partial charge in [-0.1, -0.05) is 22.5 Å². The van der Waals surface area contributed by atoms with Crippen LogP contribution in [-0.4, -0.2) is 5.38 Å². The molecular weight excluding hydrogens is 163 g/mol. The molecule has 0 aliphatic rings. The second-order valence-electron chi connectivity index (χ2n) is 1.06. The largest absolute Gasteiger partial charge is 0.118 e. The monoisotopic (exact) mass is 168 g/mol. The van der Waals surface area contributed by atoms with E-state index >= 15 is 0 Å². The molecule has 0 rings (SSSR count). The summed E-state index contributed by atoms with van der Waals surface area (Å²) in [6.07, 6.45) is 0. The molecule has 0 aromatic rings. The lowest BCUT2D eigenvalue weighted by Crippen LogP contribution is -1.84. The molecule has 0 saturated carbocycles. The van der Waals surface area contributed by atoms with Gasteiger partial charge in [-0.05, 0) is 6.92 Å². The molecule has 0 N–H and O–H groups in total. The van der Waals surface area contributed by atoms with E-state index in [1.54, 1.807) is 0 Å². The van der Waals surface area contributed by atoms with Crippen molar-refractivity contribution in [1.82, 2.24) is 0 Å².